The van der Waals surface area contributed by atoms with E-state index >= 15 is 0 Å². The third-order valence-corrected chi connectivity index (χ3v) is 5.75. The van der Waals surface area contributed by atoms with Crippen molar-refractivity contribution in [2.45, 2.75) is 37.5 Å². The normalized spacial score (nSPS) is 23.8. The van der Waals surface area contributed by atoms with E-state index in [4.69, 9.17) is 9.47 Å². The van der Waals surface area contributed by atoms with Crippen LogP contribution in [-0.2, 0) is 10.2 Å². The molecule has 3 aliphatic rings. The van der Waals surface area contributed by atoms with Crippen molar-refractivity contribution >= 4 is 18.3 Å². The Balaban J connectivity index is 0.00000182. The van der Waals surface area contributed by atoms with E-state index in [1.54, 1.807) is 0 Å². The summed E-state index contributed by atoms with van der Waals surface area (Å²) >= 11 is 0. The summed E-state index contributed by atoms with van der Waals surface area (Å²) in [5.41, 5.74) is 1.31. The molecule has 0 bridgehead atoms. The summed E-state index contributed by atoms with van der Waals surface area (Å²) < 4.78 is 11.4. The van der Waals surface area contributed by atoms with Crippen LogP contribution in [0.1, 0.15) is 37.7 Å². The molecule has 5 nitrogen and oxygen atoms in total. The molecule has 1 saturated carbocycles. The molecule has 6 heteroatoms. The highest BCUT2D eigenvalue weighted by molar-refractivity contribution is 5.85. The fraction of sp³-hybridized carbons (Fsp3) is 0.632. The van der Waals surface area contributed by atoms with E-state index in [1.165, 1.54) is 18.4 Å². The zero-order valence-corrected chi connectivity index (χ0v) is 15.3. The Bertz CT molecular complexity index is 611. The second-order valence-corrected chi connectivity index (χ2v) is 7.25. The predicted octanol–water partition coefficient (Wildman–Crippen LogP) is 2.42. The molecular formula is C19H27ClN2O3. The summed E-state index contributed by atoms with van der Waals surface area (Å²) in [6.07, 6.45) is 5.62. The second kappa shape index (κ2) is 7.83. The molecule has 1 aliphatic carbocycles. The van der Waals surface area contributed by atoms with Crippen LogP contribution in [-0.4, -0.2) is 38.8 Å². The van der Waals surface area contributed by atoms with Crippen molar-refractivity contribution in [3.05, 3.63) is 23.8 Å². The first-order valence-electron chi connectivity index (χ1n) is 9.15. The minimum absolute atomic E-state index is 0. The van der Waals surface area contributed by atoms with Crippen molar-refractivity contribution < 1.29 is 14.3 Å². The monoisotopic (exact) mass is 366 g/mol. The molecule has 2 heterocycles. The topological polar surface area (TPSA) is 59.6 Å². The largest absolute Gasteiger partial charge is 0.486 e. The first-order chi connectivity index (χ1) is 11.8. The lowest BCUT2D eigenvalue weighted by Crippen LogP contribution is -2.42. The Kier molecular flexibility index (Phi) is 5.74. The Hall–Kier alpha value is -1.46. The minimum Gasteiger partial charge on any atom is -0.486 e. The molecule has 138 valence electrons. The van der Waals surface area contributed by atoms with Gasteiger partial charge in [-0.1, -0.05) is 18.9 Å². The van der Waals surface area contributed by atoms with Crippen molar-refractivity contribution in [1.29, 1.82) is 0 Å². The van der Waals surface area contributed by atoms with E-state index in [0.717, 1.165) is 50.4 Å². The average molecular weight is 367 g/mol. The summed E-state index contributed by atoms with van der Waals surface area (Å²) in [4.78, 5) is 12.4. The third kappa shape index (κ3) is 3.72. The standard InChI is InChI=1S/C19H26N2O3.ClH/c22-18(14-5-8-20-12-14)21-13-19(6-1-2-7-19)15-3-4-16-17(11-15)24-10-9-23-16;/h3-4,11,14,20H,1-2,5-10,12-13H2,(H,21,22);1H. The Morgan fingerprint density at radius 1 is 1.20 bits per heavy atom. The van der Waals surface area contributed by atoms with Crippen LogP contribution >= 0.6 is 12.4 Å². The van der Waals surface area contributed by atoms with E-state index in [9.17, 15) is 4.79 Å². The van der Waals surface area contributed by atoms with E-state index in [1.807, 2.05) is 6.07 Å². The van der Waals surface area contributed by atoms with Gasteiger partial charge in [0.15, 0.2) is 11.5 Å². The molecule has 1 atom stereocenters. The van der Waals surface area contributed by atoms with Crippen molar-refractivity contribution in [3.8, 4) is 11.5 Å². The van der Waals surface area contributed by atoms with Gasteiger partial charge in [0, 0.05) is 18.5 Å². The summed E-state index contributed by atoms with van der Waals surface area (Å²) in [6, 6.07) is 6.30. The summed E-state index contributed by atoms with van der Waals surface area (Å²) in [7, 11) is 0. The van der Waals surface area contributed by atoms with Gasteiger partial charge < -0.3 is 20.1 Å². The lowest BCUT2D eigenvalue weighted by Gasteiger charge is -2.31. The van der Waals surface area contributed by atoms with Crippen LogP contribution in [0, 0.1) is 5.92 Å². The molecular weight excluding hydrogens is 340 g/mol. The summed E-state index contributed by atoms with van der Waals surface area (Å²) in [5, 5.41) is 6.50. The van der Waals surface area contributed by atoms with Crippen molar-refractivity contribution in [1.82, 2.24) is 10.6 Å². The maximum absolute atomic E-state index is 12.4. The molecule has 1 unspecified atom stereocenters. The zero-order valence-electron chi connectivity index (χ0n) is 14.5. The highest BCUT2D eigenvalue weighted by atomic mass is 35.5. The molecule has 25 heavy (non-hydrogen) atoms. The summed E-state index contributed by atoms with van der Waals surface area (Å²) in [5.74, 6) is 2.00. The number of carbonyl (C=O) groups excluding carboxylic acids is 1. The quantitative estimate of drug-likeness (QED) is 0.859. The van der Waals surface area contributed by atoms with E-state index in [0.29, 0.717) is 13.2 Å². The number of rotatable bonds is 4. The maximum atomic E-state index is 12.4. The molecule has 0 aromatic heterocycles. The van der Waals surface area contributed by atoms with Crippen LogP contribution in [0.4, 0.5) is 0 Å². The molecule has 2 fully saturated rings. The smallest absolute Gasteiger partial charge is 0.224 e. The number of amides is 1. The fourth-order valence-corrected chi connectivity index (χ4v) is 4.27. The Labute approximate surface area is 155 Å². The van der Waals surface area contributed by atoms with Gasteiger partial charge in [-0.05, 0) is 43.5 Å². The zero-order chi connectivity index (χ0) is 16.4. The van der Waals surface area contributed by atoms with Crippen LogP contribution < -0.4 is 20.1 Å². The predicted molar refractivity (Wildman–Crippen MR) is 98.8 cm³/mol. The third-order valence-electron chi connectivity index (χ3n) is 5.75. The first kappa shape index (κ1) is 18.3. The minimum atomic E-state index is 0. The highest BCUT2D eigenvalue weighted by Gasteiger charge is 2.37. The van der Waals surface area contributed by atoms with Gasteiger partial charge in [0.2, 0.25) is 5.91 Å². The highest BCUT2D eigenvalue weighted by Crippen LogP contribution is 2.43. The number of benzene rings is 1. The number of fused-ring (bicyclic) bond motifs is 1. The molecule has 2 N–H and O–H groups in total. The van der Waals surface area contributed by atoms with Crippen LogP contribution in [0.15, 0.2) is 18.2 Å². The number of ether oxygens (including phenoxy) is 2. The molecule has 2 aliphatic heterocycles. The Morgan fingerprint density at radius 3 is 2.68 bits per heavy atom. The maximum Gasteiger partial charge on any atom is 0.224 e. The van der Waals surface area contributed by atoms with Gasteiger partial charge >= 0.3 is 0 Å². The molecule has 0 spiro atoms. The lowest BCUT2D eigenvalue weighted by atomic mass is 9.78. The van der Waals surface area contributed by atoms with Crippen LogP contribution in [0.3, 0.4) is 0 Å². The number of halogens is 1. The SMILES string of the molecule is Cl.O=C(NCC1(c2ccc3c(c2)OCCO3)CCCC1)C1CCNC1. The molecule has 1 saturated heterocycles. The number of nitrogens with one attached hydrogen (secondary N) is 2. The van der Waals surface area contributed by atoms with Gasteiger partial charge in [-0.3, -0.25) is 4.79 Å². The van der Waals surface area contributed by atoms with Gasteiger partial charge in [-0.2, -0.15) is 0 Å². The van der Waals surface area contributed by atoms with E-state index in [2.05, 4.69) is 22.8 Å². The molecule has 1 aromatic rings. The van der Waals surface area contributed by atoms with Crippen molar-refractivity contribution in [2.75, 3.05) is 32.8 Å². The van der Waals surface area contributed by atoms with Crippen LogP contribution in [0.2, 0.25) is 0 Å². The molecule has 0 radical (unpaired) electrons. The van der Waals surface area contributed by atoms with Gasteiger partial charge in [0.1, 0.15) is 13.2 Å². The van der Waals surface area contributed by atoms with E-state index in [-0.39, 0.29) is 29.6 Å². The molecule has 1 aromatic carbocycles. The van der Waals surface area contributed by atoms with Crippen molar-refractivity contribution in [3.63, 3.8) is 0 Å². The fourth-order valence-electron chi connectivity index (χ4n) is 4.27. The molecule has 1 amide bonds. The summed E-state index contributed by atoms with van der Waals surface area (Å²) in [6.45, 7) is 3.70. The van der Waals surface area contributed by atoms with Gasteiger partial charge in [-0.15, -0.1) is 12.4 Å². The molecule has 4 rings (SSSR count). The second-order valence-electron chi connectivity index (χ2n) is 7.25. The van der Waals surface area contributed by atoms with Gasteiger partial charge in [-0.25, -0.2) is 0 Å². The average Bonchev–Trinajstić information content (AvgIpc) is 3.32. The first-order valence-corrected chi connectivity index (χ1v) is 9.15. The lowest BCUT2D eigenvalue weighted by molar-refractivity contribution is -0.124. The van der Waals surface area contributed by atoms with Gasteiger partial charge in [0.05, 0.1) is 5.92 Å². The number of hydrogen-bond acceptors (Lipinski definition) is 4. The number of carbonyl (C=O) groups is 1. The van der Waals surface area contributed by atoms with Gasteiger partial charge in [0.25, 0.3) is 0 Å². The van der Waals surface area contributed by atoms with Crippen LogP contribution in [0.5, 0.6) is 11.5 Å². The van der Waals surface area contributed by atoms with Crippen LogP contribution in [0.25, 0.3) is 0 Å². The number of hydrogen-bond donors (Lipinski definition) is 2. The van der Waals surface area contributed by atoms with E-state index < -0.39 is 0 Å². The Morgan fingerprint density at radius 2 is 1.96 bits per heavy atom. The van der Waals surface area contributed by atoms with Crippen molar-refractivity contribution in [2.24, 2.45) is 5.92 Å².